The second-order valence-electron chi connectivity index (χ2n) is 3.71. The fourth-order valence-corrected chi connectivity index (χ4v) is 2.80. The predicted octanol–water partition coefficient (Wildman–Crippen LogP) is 1.19. The molecule has 0 aliphatic carbocycles. The molecular weight excluding hydrogens is 288 g/mol. The zero-order chi connectivity index (χ0) is 13.9. The molecule has 2 aromatic rings. The molecular formula is C11H11ClN4O2S. The van der Waals surface area contributed by atoms with Crippen LogP contribution < -0.4 is 10.5 Å². The van der Waals surface area contributed by atoms with E-state index in [1.54, 1.807) is 6.07 Å². The van der Waals surface area contributed by atoms with Gasteiger partial charge in [0.1, 0.15) is 11.2 Å². The first-order chi connectivity index (χ1) is 8.99. The predicted molar refractivity (Wildman–Crippen MR) is 71.9 cm³/mol. The second-order valence-corrected chi connectivity index (χ2v) is 5.88. The summed E-state index contributed by atoms with van der Waals surface area (Å²) in [5, 5.41) is 0.302. The van der Waals surface area contributed by atoms with Gasteiger partial charge in [0.2, 0.25) is 10.0 Å². The highest BCUT2D eigenvalue weighted by atomic mass is 35.5. The van der Waals surface area contributed by atoms with Crippen LogP contribution in [-0.2, 0) is 16.6 Å². The molecule has 0 saturated heterocycles. The fourth-order valence-electron chi connectivity index (χ4n) is 1.41. The molecule has 1 aromatic heterocycles. The van der Waals surface area contributed by atoms with Gasteiger partial charge < -0.3 is 5.73 Å². The van der Waals surface area contributed by atoms with Gasteiger partial charge in [-0.2, -0.15) is 0 Å². The first-order valence-corrected chi connectivity index (χ1v) is 7.15. The summed E-state index contributed by atoms with van der Waals surface area (Å²) in [5.41, 5.74) is 6.33. The smallest absolute Gasteiger partial charge is 0.243 e. The van der Waals surface area contributed by atoms with Crippen LogP contribution in [0.3, 0.4) is 0 Å². The summed E-state index contributed by atoms with van der Waals surface area (Å²) < 4.78 is 26.6. The van der Waals surface area contributed by atoms with Crippen LogP contribution in [0.25, 0.3) is 0 Å². The molecule has 0 atom stereocenters. The Morgan fingerprint density at radius 1 is 1.32 bits per heavy atom. The maximum Gasteiger partial charge on any atom is 0.243 e. The Labute approximate surface area is 115 Å². The molecule has 1 aromatic carbocycles. The van der Waals surface area contributed by atoms with Crippen molar-refractivity contribution in [2.75, 3.05) is 5.73 Å². The van der Waals surface area contributed by atoms with E-state index in [2.05, 4.69) is 14.7 Å². The lowest BCUT2D eigenvalue weighted by molar-refractivity contribution is 0.581. The molecule has 1 heterocycles. The molecule has 6 nitrogen and oxygen atoms in total. The molecule has 0 spiro atoms. The van der Waals surface area contributed by atoms with Crippen LogP contribution in [0.5, 0.6) is 0 Å². The Hall–Kier alpha value is -1.70. The standard InChI is InChI=1S/C11H11ClN4O2S/c12-8-1-2-10(13)11(5-8)19(17,18)16-6-9-3-4-14-7-15-9/h1-5,7,16H,6,13H2. The number of aromatic nitrogens is 2. The summed E-state index contributed by atoms with van der Waals surface area (Å²) >= 11 is 5.77. The van der Waals surface area contributed by atoms with Crippen LogP contribution >= 0.6 is 11.6 Å². The summed E-state index contributed by atoms with van der Waals surface area (Å²) in [4.78, 5) is 7.62. The van der Waals surface area contributed by atoms with Crippen molar-refractivity contribution >= 4 is 27.3 Å². The molecule has 8 heteroatoms. The molecule has 0 unspecified atom stereocenters. The van der Waals surface area contributed by atoms with E-state index in [1.165, 1.54) is 30.7 Å². The van der Waals surface area contributed by atoms with Crippen molar-refractivity contribution in [3.63, 3.8) is 0 Å². The van der Waals surface area contributed by atoms with Crippen LogP contribution in [0, 0.1) is 0 Å². The number of benzene rings is 1. The van der Waals surface area contributed by atoms with Gasteiger partial charge in [-0.3, -0.25) is 0 Å². The minimum Gasteiger partial charge on any atom is -0.398 e. The molecule has 0 fully saturated rings. The zero-order valence-electron chi connectivity index (χ0n) is 9.75. The highest BCUT2D eigenvalue weighted by molar-refractivity contribution is 7.89. The molecule has 3 N–H and O–H groups in total. The Morgan fingerprint density at radius 2 is 2.11 bits per heavy atom. The number of anilines is 1. The molecule has 0 aliphatic heterocycles. The summed E-state index contributed by atoms with van der Waals surface area (Å²) in [6.45, 7) is 0.0524. The van der Waals surface area contributed by atoms with Gasteiger partial charge in [-0.25, -0.2) is 23.1 Å². The SMILES string of the molecule is Nc1ccc(Cl)cc1S(=O)(=O)NCc1ccncn1. The van der Waals surface area contributed by atoms with E-state index in [0.29, 0.717) is 10.7 Å². The normalized spacial score (nSPS) is 11.4. The third-order valence-corrected chi connectivity index (χ3v) is 4.04. The molecule has 19 heavy (non-hydrogen) atoms. The molecule has 0 bridgehead atoms. The van der Waals surface area contributed by atoms with Crippen LogP contribution in [0.1, 0.15) is 5.69 Å². The van der Waals surface area contributed by atoms with E-state index >= 15 is 0 Å². The molecule has 0 radical (unpaired) electrons. The van der Waals surface area contributed by atoms with E-state index < -0.39 is 10.0 Å². The number of nitrogens with zero attached hydrogens (tertiary/aromatic N) is 2. The second kappa shape index (κ2) is 5.52. The van der Waals surface area contributed by atoms with Gasteiger partial charge >= 0.3 is 0 Å². The van der Waals surface area contributed by atoms with Gasteiger partial charge in [0.05, 0.1) is 17.9 Å². The Bertz CT molecular complexity index is 676. The lowest BCUT2D eigenvalue weighted by Gasteiger charge is -2.09. The average Bonchev–Trinajstić information content (AvgIpc) is 2.40. The molecule has 100 valence electrons. The van der Waals surface area contributed by atoms with Crippen molar-refractivity contribution in [3.8, 4) is 0 Å². The van der Waals surface area contributed by atoms with E-state index in [4.69, 9.17) is 17.3 Å². The van der Waals surface area contributed by atoms with Crippen LogP contribution in [0.15, 0.2) is 41.7 Å². The van der Waals surface area contributed by atoms with Crippen molar-refractivity contribution in [2.45, 2.75) is 11.4 Å². The fraction of sp³-hybridized carbons (Fsp3) is 0.0909. The highest BCUT2D eigenvalue weighted by Gasteiger charge is 2.17. The van der Waals surface area contributed by atoms with Gasteiger partial charge in [0.25, 0.3) is 0 Å². The quantitative estimate of drug-likeness (QED) is 0.826. The number of sulfonamides is 1. The van der Waals surface area contributed by atoms with Crippen LogP contribution in [0.4, 0.5) is 5.69 Å². The maximum absolute atomic E-state index is 12.1. The van der Waals surface area contributed by atoms with Crippen molar-refractivity contribution < 1.29 is 8.42 Å². The number of nitrogens with two attached hydrogens (primary N) is 1. The minimum absolute atomic E-state index is 0.0472. The van der Waals surface area contributed by atoms with Gasteiger partial charge in [-0.1, -0.05) is 11.6 Å². The molecule has 0 saturated carbocycles. The Morgan fingerprint density at radius 3 is 2.79 bits per heavy atom. The number of nitrogen functional groups attached to an aromatic ring is 1. The monoisotopic (exact) mass is 298 g/mol. The van der Waals surface area contributed by atoms with Crippen LogP contribution in [-0.4, -0.2) is 18.4 Å². The van der Waals surface area contributed by atoms with E-state index in [-0.39, 0.29) is 17.1 Å². The summed E-state index contributed by atoms with van der Waals surface area (Å²) in [6, 6.07) is 5.89. The topological polar surface area (TPSA) is 98.0 Å². The Kier molecular flexibility index (Phi) is 3.98. The van der Waals surface area contributed by atoms with Crippen molar-refractivity contribution in [3.05, 3.63) is 47.5 Å². The van der Waals surface area contributed by atoms with Gasteiger partial charge in [0, 0.05) is 11.2 Å². The van der Waals surface area contributed by atoms with Crippen LogP contribution in [0.2, 0.25) is 5.02 Å². The third kappa shape index (κ3) is 3.40. The largest absolute Gasteiger partial charge is 0.398 e. The number of hydrogen-bond acceptors (Lipinski definition) is 5. The molecule has 2 rings (SSSR count). The summed E-state index contributed by atoms with van der Waals surface area (Å²) in [7, 11) is -3.73. The highest BCUT2D eigenvalue weighted by Crippen LogP contribution is 2.22. The molecule has 0 amide bonds. The van der Waals surface area contributed by atoms with E-state index in [1.807, 2.05) is 0 Å². The minimum atomic E-state index is -3.73. The lowest BCUT2D eigenvalue weighted by atomic mass is 10.3. The lowest BCUT2D eigenvalue weighted by Crippen LogP contribution is -2.24. The summed E-state index contributed by atoms with van der Waals surface area (Å²) in [6.07, 6.45) is 2.88. The van der Waals surface area contributed by atoms with E-state index in [9.17, 15) is 8.42 Å². The number of nitrogens with one attached hydrogen (secondary N) is 1. The zero-order valence-corrected chi connectivity index (χ0v) is 11.3. The first-order valence-electron chi connectivity index (χ1n) is 5.28. The van der Waals surface area contributed by atoms with Crippen molar-refractivity contribution in [1.82, 2.24) is 14.7 Å². The number of hydrogen-bond donors (Lipinski definition) is 2. The third-order valence-electron chi connectivity index (χ3n) is 2.35. The van der Waals surface area contributed by atoms with Gasteiger partial charge in [0.15, 0.2) is 0 Å². The number of rotatable bonds is 4. The molecule has 0 aliphatic rings. The number of halogens is 1. The van der Waals surface area contributed by atoms with Gasteiger partial charge in [-0.05, 0) is 24.3 Å². The summed E-state index contributed by atoms with van der Waals surface area (Å²) in [5.74, 6) is 0. The average molecular weight is 299 g/mol. The van der Waals surface area contributed by atoms with Crippen molar-refractivity contribution in [2.24, 2.45) is 0 Å². The first kappa shape index (κ1) is 13.7. The van der Waals surface area contributed by atoms with E-state index in [0.717, 1.165) is 0 Å². The Balaban J connectivity index is 2.21. The van der Waals surface area contributed by atoms with Gasteiger partial charge in [-0.15, -0.1) is 0 Å². The maximum atomic E-state index is 12.1. The van der Waals surface area contributed by atoms with Crippen molar-refractivity contribution in [1.29, 1.82) is 0 Å².